The highest BCUT2D eigenvalue weighted by Gasteiger charge is 2.15. The van der Waals surface area contributed by atoms with Crippen molar-refractivity contribution in [3.8, 4) is 0 Å². The zero-order valence-electron chi connectivity index (χ0n) is 10.8. The topological polar surface area (TPSA) is 66.4 Å². The lowest BCUT2D eigenvalue weighted by Crippen LogP contribution is -2.36. The van der Waals surface area contributed by atoms with Gasteiger partial charge in [-0.1, -0.05) is 44.2 Å². The van der Waals surface area contributed by atoms with E-state index in [0.717, 1.165) is 5.56 Å². The van der Waals surface area contributed by atoms with Crippen LogP contribution in [0.2, 0.25) is 0 Å². The monoisotopic (exact) mass is 271 g/mol. The maximum absolute atomic E-state index is 11.7. The number of aliphatic hydroxyl groups excluding tert-OH is 1. The van der Waals surface area contributed by atoms with E-state index in [2.05, 4.69) is 4.72 Å². The molecule has 0 fully saturated rings. The zero-order valence-corrected chi connectivity index (χ0v) is 11.7. The van der Waals surface area contributed by atoms with Crippen LogP contribution in [0.1, 0.15) is 19.4 Å². The van der Waals surface area contributed by atoms with Crippen LogP contribution in [0.3, 0.4) is 0 Å². The van der Waals surface area contributed by atoms with Gasteiger partial charge in [-0.2, -0.15) is 0 Å². The molecule has 4 nitrogen and oxygen atoms in total. The molecule has 5 heteroatoms. The van der Waals surface area contributed by atoms with Gasteiger partial charge in [0.2, 0.25) is 10.0 Å². The molecule has 0 amide bonds. The fraction of sp³-hybridized carbons (Fsp3) is 0.538. The highest BCUT2D eigenvalue weighted by molar-refractivity contribution is 7.89. The van der Waals surface area contributed by atoms with Gasteiger partial charge in [0.05, 0.1) is 11.9 Å². The summed E-state index contributed by atoms with van der Waals surface area (Å²) in [6, 6.07) is 9.47. The predicted octanol–water partition coefficient (Wildman–Crippen LogP) is 1.17. The quantitative estimate of drug-likeness (QED) is 0.782. The molecule has 0 spiro atoms. The smallest absolute Gasteiger partial charge is 0.212 e. The van der Waals surface area contributed by atoms with Crippen LogP contribution in [0.4, 0.5) is 0 Å². The lowest BCUT2D eigenvalue weighted by Gasteiger charge is -2.15. The average Bonchev–Trinajstić information content (AvgIpc) is 2.35. The average molecular weight is 271 g/mol. The number of aryl methyl sites for hydroxylation is 1. The molecular weight excluding hydrogens is 250 g/mol. The molecule has 1 atom stereocenters. The Hall–Kier alpha value is -0.910. The van der Waals surface area contributed by atoms with Crippen molar-refractivity contribution in [1.29, 1.82) is 0 Å². The lowest BCUT2D eigenvalue weighted by molar-refractivity contribution is 0.129. The van der Waals surface area contributed by atoms with Crippen LogP contribution >= 0.6 is 0 Å². The molecule has 18 heavy (non-hydrogen) atoms. The van der Waals surface area contributed by atoms with Crippen LogP contribution in [0, 0.1) is 5.92 Å². The van der Waals surface area contributed by atoms with Crippen molar-refractivity contribution in [2.45, 2.75) is 26.4 Å². The summed E-state index contributed by atoms with van der Waals surface area (Å²) >= 11 is 0. The largest absolute Gasteiger partial charge is 0.391 e. The van der Waals surface area contributed by atoms with Gasteiger partial charge >= 0.3 is 0 Å². The third-order valence-corrected chi connectivity index (χ3v) is 4.13. The van der Waals surface area contributed by atoms with Gasteiger partial charge in [-0.05, 0) is 17.9 Å². The second-order valence-electron chi connectivity index (χ2n) is 4.71. The molecular formula is C13H21NO3S. The predicted molar refractivity (Wildman–Crippen MR) is 72.8 cm³/mol. The van der Waals surface area contributed by atoms with Gasteiger partial charge in [0.1, 0.15) is 0 Å². The number of aliphatic hydroxyl groups is 1. The van der Waals surface area contributed by atoms with Crippen molar-refractivity contribution in [2.24, 2.45) is 5.92 Å². The third-order valence-electron chi connectivity index (χ3n) is 2.78. The molecule has 0 aliphatic heterocycles. The van der Waals surface area contributed by atoms with Gasteiger partial charge in [0.25, 0.3) is 0 Å². The number of rotatable bonds is 7. The maximum Gasteiger partial charge on any atom is 0.212 e. The molecule has 1 rings (SSSR count). The minimum Gasteiger partial charge on any atom is -0.391 e. The fourth-order valence-electron chi connectivity index (χ4n) is 1.42. The van der Waals surface area contributed by atoms with Gasteiger partial charge in [-0.25, -0.2) is 13.1 Å². The van der Waals surface area contributed by atoms with E-state index in [4.69, 9.17) is 0 Å². The Morgan fingerprint density at radius 1 is 1.22 bits per heavy atom. The Morgan fingerprint density at radius 3 is 2.39 bits per heavy atom. The molecule has 2 N–H and O–H groups in total. The molecule has 0 heterocycles. The number of sulfonamides is 1. The van der Waals surface area contributed by atoms with E-state index in [1.807, 2.05) is 44.2 Å². The van der Waals surface area contributed by atoms with E-state index in [-0.39, 0.29) is 18.2 Å². The van der Waals surface area contributed by atoms with Crippen LogP contribution in [0.25, 0.3) is 0 Å². The fourth-order valence-corrected chi connectivity index (χ4v) is 2.49. The van der Waals surface area contributed by atoms with E-state index in [0.29, 0.717) is 6.42 Å². The summed E-state index contributed by atoms with van der Waals surface area (Å²) in [7, 11) is -3.32. The van der Waals surface area contributed by atoms with E-state index in [1.165, 1.54) is 0 Å². The van der Waals surface area contributed by atoms with Crippen molar-refractivity contribution in [2.75, 3.05) is 12.3 Å². The molecule has 0 saturated heterocycles. The first-order valence-corrected chi connectivity index (χ1v) is 7.75. The van der Waals surface area contributed by atoms with E-state index in [9.17, 15) is 13.5 Å². The summed E-state index contributed by atoms with van der Waals surface area (Å²) in [5.74, 6) is 0.0868. The molecule has 102 valence electrons. The number of nitrogens with one attached hydrogen (secondary N) is 1. The summed E-state index contributed by atoms with van der Waals surface area (Å²) in [6.07, 6.45) is -0.162. The molecule has 0 unspecified atom stereocenters. The first kappa shape index (κ1) is 15.1. The Kier molecular flexibility index (Phi) is 5.78. The zero-order chi connectivity index (χ0) is 13.6. The van der Waals surface area contributed by atoms with E-state index >= 15 is 0 Å². The van der Waals surface area contributed by atoms with Crippen molar-refractivity contribution in [1.82, 2.24) is 4.72 Å². The molecule has 0 saturated carbocycles. The molecule has 0 radical (unpaired) electrons. The second-order valence-corrected chi connectivity index (χ2v) is 6.64. The summed E-state index contributed by atoms with van der Waals surface area (Å²) in [5, 5.41) is 9.55. The van der Waals surface area contributed by atoms with Crippen molar-refractivity contribution in [3.63, 3.8) is 0 Å². The molecule has 1 aromatic rings. The molecule has 0 bridgehead atoms. The maximum atomic E-state index is 11.7. The Balaban J connectivity index is 2.41. The highest BCUT2D eigenvalue weighted by Crippen LogP contribution is 2.03. The Labute approximate surface area is 109 Å². The SMILES string of the molecule is CC(C)[C@@H](O)CNS(=O)(=O)CCc1ccccc1. The van der Waals surface area contributed by atoms with Gasteiger partial charge in [-0.15, -0.1) is 0 Å². The Morgan fingerprint density at radius 2 is 1.83 bits per heavy atom. The highest BCUT2D eigenvalue weighted by atomic mass is 32.2. The molecule has 0 aliphatic carbocycles. The summed E-state index contributed by atoms with van der Waals surface area (Å²) < 4.78 is 25.8. The normalized spacial score (nSPS) is 13.8. The van der Waals surface area contributed by atoms with Gasteiger partial charge in [-0.3, -0.25) is 0 Å². The van der Waals surface area contributed by atoms with E-state index < -0.39 is 16.1 Å². The third kappa shape index (κ3) is 5.62. The summed E-state index contributed by atoms with van der Waals surface area (Å²) in [4.78, 5) is 0. The van der Waals surface area contributed by atoms with Crippen LogP contribution in [-0.4, -0.2) is 31.9 Å². The first-order valence-electron chi connectivity index (χ1n) is 6.10. The summed E-state index contributed by atoms with van der Waals surface area (Å²) in [5.41, 5.74) is 0.993. The van der Waals surface area contributed by atoms with Gasteiger partial charge < -0.3 is 5.11 Å². The van der Waals surface area contributed by atoms with Crippen molar-refractivity contribution >= 4 is 10.0 Å². The van der Waals surface area contributed by atoms with Crippen LogP contribution in [-0.2, 0) is 16.4 Å². The van der Waals surface area contributed by atoms with Crippen molar-refractivity contribution < 1.29 is 13.5 Å². The molecule has 0 aliphatic rings. The number of benzene rings is 1. The van der Waals surface area contributed by atoms with Crippen LogP contribution in [0.5, 0.6) is 0 Å². The summed E-state index contributed by atoms with van der Waals surface area (Å²) in [6.45, 7) is 3.78. The molecule has 1 aromatic carbocycles. The van der Waals surface area contributed by atoms with Gasteiger partial charge in [0.15, 0.2) is 0 Å². The molecule has 0 aromatic heterocycles. The number of hydrogen-bond donors (Lipinski definition) is 2. The minimum absolute atomic E-state index is 0.0434. The minimum atomic E-state index is -3.32. The van der Waals surface area contributed by atoms with Gasteiger partial charge in [0, 0.05) is 6.54 Å². The lowest BCUT2D eigenvalue weighted by atomic mass is 10.1. The Bertz CT molecular complexity index is 443. The first-order chi connectivity index (χ1) is 8.41. The van der Waals surface area contributed by atoms with Crippen LogP contribution < -0.4 is 4.72 Å². The van der Waals surface area contributed by atoms with Crippen molar-refractivity contribution in [3.05, 3.63) is 35.9 Å². The standard InChI is InChI=1S/C13H21NO3S/c1-11(2)13(15)10-14-18(16,17)9-8-12-6-4-3-5-7-12/h3-7,11,13-15H,8-10H2,1-2H3/t13-/m0/s1. The van der Waals surface area contributed by atoms with E-state index in [1.54, 1.807) is 0 Å². The van der Waals surface area contributed by atoms with Crippen LogP contribution in [0.15, 0.2) is 30.3 Å². The number of hydrogen-bond acceptors (Lipinski definition) is 3. The second kappa shape index (κ2) is 6.87.